The van der Waals surface area contributed by atoms with Crippen molar-refractivity contribution in [2.45, 2.75) is 54.8 Å². The lowest BCUT2D eigenvalue weighted by Crippen LogP contribution is -2.46. The van der Waals surface area contributed by atoms with Crippen LogP contribution in [0.5, 0.6) is 0 Å². The van der Waals surface area contributed by atoms with E-state index in [0.717, 1.165) is 6.42 Å². The van der Waals surface area contributed by atoms with E-state index in [1.807, 2.05) is 36.0 Å². The van der Waals surface area contributed by atoms with Gasteiger partial charge in [-0.1, -0.05) is 12.8 Å². The summed E-state index contributed by atoms with van der Waals surface area (Å²) in [5, 5.41) is 13.0. The maximum atomic E-state index is 12.1. The van der Waals surface area contributed by atoms with Crippen LogP contribution in [0.25, 0.3) is 0 Å². The summed E-state index contributed by atoms with van der Waals surface area (Å²) in [7, 11) is 0. The Kier molecular flexibility index (Phi) is 5.79. The zero-order chi connectivity index (χ0) is 16.9. The van der Waals surface area contributed by atoms with Gasteiger partial charge in [0.25, 0.3) is 0 Å². The fraction of sp³-hybridized carbons (Fsp3) is 0.556. The molecule has 1 saturated carbocycles. The van der Waals surface area contributed by atoms with Crippen molar-refractivity contribution in [2.24, 2.45) is 0 Å². The van der Waals surface area contributed by atoms with E-state index in [4.69, 9.17) is 0 Å². The maximum absolute atomic E-state index is 12.1. The number of likely N-dealkylation sites (tertiary alicyclic amines) is 1. The minimum absolute atomic E-state index is 0.239. The van der Waals surface area contributed by atoms with E-state index in [1.165, 1.54) is 35.5 Å². The number of aliphatic hydroxyl groups is 1. The molecule has 1 aromatic carbocycles. The number of nitrogens with zero attached hydrogens (tertiary/aromatic N) is 1. The maximum Gasteiger partial charge on any atom is 0.313 e. The normalized spacial score (nSPS) is 21.7. The van der Waals surface area contributed by atoms with E-state index < -0.39 is 17.9 Å². The summed E-state index contributed by atoms with van der Waals surface area (Å²) in [6.07, 6.45) is 6.08. The van der Waals surface area contributed by atoms with Crippen LogP contribution in [-0.2, 0) is 9.59 Å². The van der Waals surface area contributed by atoms with Crippen molar-refractivity contribution in [3.05, 3.63) is 24.3 Å². The second-order valence-electron chi connectivity index (χ2n) is 6.55. The number of β-amino-alcohol motifs (C(OH)–C–C–N with tert-alkyl or cyclic N) is 1. The molecule has 130 valence electrons. The van der Waals surface area contributed by atoms with Gasteiger partial charge in [0.1, 0.15) is 0 Å². The predicted molar refractivity (Wildman–Crippen MR) is 95.0 cm³/mol. The lowest BCUT2D eigenvalue weighted by atomic mass is 10.1. The average Bonchev–Trinajstić information content (AvgIpc) is 3.09. The molecule has 2 fully saturated rings. The lowest BCUT2D eigenvalue weighted by molar-refractivity contribution is -0.145. The molecule has 0 bridgehead atoms. The molecule has 2 amide bonds. The van der Waals surface area contributed by atoms with E-state index in [1.54, 1.807) is 0 Å². The molecule has 0 unspecified atom stereocenters. The van der Waals surface area contributed by atoms with E-state index in [0.29, 0.717) is 23.9 Å². The third-order valence-electron chi connectivity index (χ3n) is 4.60. The summed E-state index contributed by atoms with van der Waals surface area (Å²) in [6, 6.07) is 7.67. The number of nitrogens with one attached hydrogen (secondary N) is 1. The molecule has 0 radical (unpaired) electrons. The van der Waals surface area contributed by atoms with E-state index in [2.05, 4.69) is 5.32 Å². The summed E-state index contributed by atoms with van der Waals surface area (Å²) in [5.41, 5.74) is 0.627. The molecule has 1 aliphatic carbocycles. The minimum atomic E-state index is -0.639. The lowest BCUT2D eigenvalue weighted by Gasteiger charge is -2.29. The Morgan fingerprint density at radius 1 is 1.08 bits per heavy atom. The molecule has 0 aromatic heterocycles. The van der Waals surface area contributed by atoms with Crippen molar-refractivity contribution in [3.63, 3.8) is 0 Å². The number of hydrogen-bond donors (Lipinski definition) is 2. The Morgan fingerprint density at radius 2 is 1.79 bits per heavy atom. The van der Waals surface area contributed by atoms with E-state index >= 15 is 0 Å². The number of aliphatic hydroxyl groups excluding tert-OH is 1. The van der Waals surface area contributed by atoms with Crippen LogP contribution in [-0.4, -0.2) is 46.3 Å². The van der Waals surface area contributed by atoms with Crippen LogP contribution in [0.3, 0.4) is 0 Å². The number of hydrogen-bond acceptors (Lipinski definition) is 4. The molecular formula is C18H24N2O3S. The third-order valence-corrected chi connectivity index (χ3v) is 5.94. The van der Waals surface area contributed by atoms with Gasteiger partial charge < -0.3 is 15.3 Å². The molecule has 2 aliphatic rings. The highest BCUT2D eigenvalue weighted by Crippen LogP contribution is 2.34. The average molecular weight is 348 g/mol. The van der Waals surface area contributed by atoms with Crippen LogP contribution >= 0.6 is 11.8 Å². The monoisotopic (exact) mass is 348 g/mol. The standard InChI is InChI=1S/C18H24N2O3S/c21-14-4-3-11-20(12-14)18(23)17(22)19-13-7-9-16(10-8-13)24-15-5-1-2-6-15/h7-10,14-15,21H,1-6,11-12H2,(H,19,22)/t14-/m1/s1. The van der Waals surface area contributed by atoms with Gasteiger partial charge in [0.2, 0.25) is 0 Å². The topological polar surface area (TPSA) is 69.6 Å². The van der Waals surface area contributed by atoms with Crippen LogP contribution in [0, 0.1) is 0 Å². The van der Waals surface area contributed by atoms with E-state index in [9.17, 15) is 14.7 Å². The smallest absolute Gasteiger partial charge is 0.313 e. The van der Waals surface area contributed by atoms with Gasteiger partial charge in [-0.3, -0.25) is 9.59 Å². The number of carbonyl (C=O) groups is 2. The Labute approximate surface area is 146 Å². The number of carbonyl (C=O) groups excluding carboxylic acids is 2. The number of anilines is 1. The zero-order valence-electron chi connectivity index (χ0n) is 13.7. The third kappa shape index (κ3) is 4.51. The van der Waals surface area contributed by atoms with Crippen LogP contribution in [0.15, 0.2) is 29.2 Å². The van der Waals surface area contributed by atoms with Crippen molar-refractivity contribution in [1.29, 1.82) is 0 Å². The van der Waals surface area contributed by atoms with Crippen molar-refractivity contribution >= 4 is 29.3 Å². The van der Waals surface area contributed by atoms with Crippen molar-refractivity contribution < 1.29 is 14.7 Å². The van der Waals surface area contributed by atoms with Crippen LogP contribution in [0.1, 0.15) is 38.5 Å². The van der Waals surface area contributed by atoms with Crippen molar-refractivity contribution in [1.82, 2.24) is 4.90 Å². The largest absolute Gasteiger partial charge is 0.391 e. The van der Waals surface area contributed by atoms with Gasteiger partial charge in [0.05, 0.1) is 6.10 Å². The summed E-state index contributed by atoms with van der Waals surface area (Å²) < 4.78 is 0. The molecule has 24 heavy (non-hydrogen) atoms. The summed E-state index contributed by atoms with van der Waals surface area (Å²) in [5.74, 6) is -1.21. The van der Waals surface area contributed by atoms with Crippen LogP contribution in [0.2, 0.25) is 0 Å². The number of thioether (sulfide) groups is 1. The zero-order valence-corrected chi connectivity index (χ0v) is 14.6. The highest BCUT2D eigenvalue weighted by Gasteiger charge is 2.26. The van der Waals surface area contributed by atoms with Crippen molar-refractivity contribution in [2.75, 3.05) is 18.4 Å². The molecule has 1 aliphatic heterocycles. The van der Waals surface area contributed by atoms with Gasteiger partial charge in [-0.05, 0) is 49.9 Å². The summed E-state index contributed by atoms with van der Waals surface area (Å²) in [6.45, 7) is 0.767. The van der Waals surface area contributed by atoms with Gasteiger partial charge in [-0.25, -0.2) is 0 Å². The number of amides is 2. The number of rotatable bonds is 3. The van der Waals surface area contributed by atoms with Gasteiger partial charge in [0.15, 0.2) is 0 Å². The first-order valence-electron chi connectivity index (χ1n) is 8.67. The minimum Gasteiger partial charge on any atom is -0.391 e. The fourth-order valence-electron chi connectivity index (χ4n) is 3.28. The Bertz CT molecular complexity index is 584. The first-order chi connectivity index (χ1) is 11.6. The molecule has 1 saturated heterocycles. The van der Waals surface area contributed by atoms with Gasteiger partial charge in [-0.15, -0.1) is 11.8 Å². The summed E-state index contributed by atoms with van der Waals surface area (Å²) >= 11 is 1.89. The molecule has 6 heteroatoms. The van der Waals surface area contributed by atoms with E-state index in [-0.39, 0.29) is 6.54 Å². The molecule has 1 heterocycles. The number of piperidine rings is 1. The second kappa shape index (κ2) is 8.03. The highest BCUT2D eigenvalue weighted by atomic mass is 32.2. The van der Waals surface area contributed by atoms with Crippen LogP contribution < -0.4 is 5.32 Å². The van der Waals surface area contributed by atoms with Gasteiger partial charge in [-0.2, -0.15) is 0 Å². The first kappa shape index (κ1) is 17.3. The Morgan fingerprint density at radius 3 is 2.46 bits per heavy atom. The SMILES string of the molecule is O=C(Nc1ccc(SC2CCCC2)cc1)C(=O)N1CCC[C@@H](O)C1. The second-order valence-corrected chi connectivity index (χ2v) is 7.92. The number of benzene rings is 1. The Balaban J connectivity index is 1.52. The van der Waals surface area contributed by atoms with Gasteiger partial charge in [0, 0.05) is 28.9 Å². The van der Waals surface area contributed by atoms with Gasteiger partial charge >= 0.3 is 11.8 Å². The molecule has 5 nitrogen and oxygen atoms in total. The molecular weight excluding hydrogens is 324 g/mol. The Hall–Kier alpha value is -1.53. The quantitative estimate of drug-likeness (QED) is 0.824. The molecule has 0 spiro atoms. The fourth-order valence-corrected chi connectivity index (χ4v) is 4.53. The molecule has 3 rings (SSSR count). The molecule has 1 aromatic rings. The van der Waals surface area contributed by atoms with Crippen molar-refractivity contribution in [3.8, 4) is 0 Å². The first-order valence-corrected chi connectivity index (χ1v) is 9.55. The molecule has 1 atom stereocenters. The summed E-state index contributed by atoms with van der Waals surface area (Å²) in [4.78, 5) is 26.9. The predicted octanol–water partition coefficient (Wildman–Crippen LogP) is 2.64. The van der Waals surface area contributed by atoms with Crippen LogP contribution in [0.4, 0.5) is 5.69 Å². The highest BCUT2D eigenvalue weighted by molar-refractivity contribution is 8.00. The molecule has 2 N–H and O–H groups in total.